The highest BCUT2D eigenvalue weighted by Gasteiger charge is 2.17. The minimum Gasteiger partial charge on any atom is -0.267 e. The van der Waals surface area contributed by atoms with Crippen LogP contribution in [0.15, 0.2) is 35.1 Å². The summed E-state index contributed by atoms with van der Waals surface area (Å²) in [7, 11) is 0. The Labute approximate surface area is 83.4 Å². The third kappa shape index (κ3) is 1.50. The minimum absolute atomic E-state index is 0.162. The normalized spacial score (nSPS) is 10.2. The Morgan fingerprint density at radius 3 is 2.54 bits per heavy atom. The summed E-state index contributed by atoms with van der Waals surface area (Å²) in [5.41, 5.74) is 0.853. The topological polar surface area (TPSA) is 36.7 Å². The van der Waals surface area contributed by atoms with Gasteiger partial charge in [0, 0.05) is 23.7 Å². The Morgan fingerprint density at radius 1 is 1.31 bits per heavy atom. The Bertz CT molecular complexity index is 462. The Kier molecular flexibility index (Phi) is 2.16. The van der Waals surface area contributed by atoms with Crippen molar-refractivity contribution < 1.29 is 4.68 Å². The largest absolute Gasteiger partial charge is 0.365 e. The molecule has 2 aromatic rings. The van der Waals surface area contributed by atoms with E-state index in [2.05, 4.69) is 4.49 Å². The van der Waals surface area contributed by atoms with E-state index in [9.17, 15) is 4.79 Å². The molecule has 0 fully saturated rings. The number of nitrogens with zero attached hydrogens (tertiary/aromatic N) is 1. The second-order valence-corrected chi connectivity index (χ2v) is 3.56. The lowest BCUT2D eigenvalue weighted by Gasteiger charge is -1.87. The zero-order valence-corrected chi connectivity index (χ0v) is 8.10. The van der Waals surface area contributed by atoms with Crippen LogP contribution in [0.3, 0.4) is 0 Å². The first kappa shape index (κ1) is 8.47. The monoisotopic (exact) mass is 213 g/mol. The molecule has 0 saturated heterocycles. The molecule has 1 N–H and O–H groups in total. The van der Waals surface area contributed by atoms with Gasteiger partial charge in [0.05, 0.1) is 0 Å². The fourth-order valence-corrected chi connectivity index (χ4v) is 1.86. The van der Waals surface area contributed by atoms with Crippen molar-refractivity contribution in [2.75, 3.05) is 0 Å². The summed E-state index contributed by atoms with van der Waals surface area (Å²) < 4.78 is 4.19. The summed E-state index contributed by atoms with van der Waals surface area (Å²) in [5, 5.41) is 0.191. The molecule has 0 saturated carbocycles. The van der Waals surface area contributed by atoms with Crippen LogP contribution in [0.4, 0.5) is 0 Å². The third-order valence-electron chi connectivity index (χ3n) is 1.61. The van der Waals surface area contributed by atoms with Crippen molar-refractivity contribution in [2.24, 2.45) is 0 Å². The SMILES string of the molecule is O=c1s[nH][n+](-c2ccccc2)c1Cl. The predicted molar refractivity (Wildman–Crippen MR) is 51.5 cm³/mol. The second-order valence-electron chi connectivity index (χ2n) is 2.44. The molecule has 0 aliphatic heterocycles. The van der Waals surface area contributed by atoms with Crippen LogP contribution < -0.4 is 9.42 Å². The smallest absolute Gasteiger partial charge is 0.267 e. The summed E-state index contributed by atoms with van der Waals surface area (Å²) in [6, 6.07) is 9.41. The molecule has 1 aromatic heterocycles. The molecule has 66 valence electrons. The van der Waals surface area contributed by atoms with Crippen LogP contribution in [-0.4, -0.2) is 4.49 Å². The molecule has 5 heteroatoms. The maximum Gasteiger partial charge on any atom is 0.365 e. The van der Waals surface area contributed by atoms with Crippen LogP contribution in [0.25, 0.3) is 5.69 Å². The number of aromatic amines is 1. The summed E-state index contributed by atoms with van der Waals surface area (Å²) in [5.74, 6) is 0. The predicted octanol–water partition coefficient (Wildman–Crippen LogP) is 1.37. The molecular formula is C8H6ClN2OS+. The van der Waals surface area contributed by atoms with Crippen molar-refractivity contribution in [3.8, 4) is 5.69 Å². The molecule has 1 aromatic carbocycles. The molecule has 0 aliphatic carbocycles. The summed E-state index contributed by atoms with van der Waals surface area (Å²) in [6.45, 7) is 0. The average Bonchev–Trinajstić information content (AvgIpc) is 2.49. The van der Waals surface area contributed by atoms with E-state index in [1.807, 2.05) is 30.3 Å². The van der Waals surface area contributed by atoms with E-state index in [-0.39, 0.29) is 9.90 Å². The van der Waals surface area contributed by atoms with Crippen LogP contribution in [0.1, 0.15) is 0 Å². The van der Waals surface area contributed by atoms with Gasteiger partial charge in [0.15, 0.2) is 0 Å². The number of aromatic nitrogens is 2. The van der Waals surface area contributed by atoms with E-state index < -0.39 is 0 Å². The molecule has 3 nitrogen and oxygen atoms in total. The van der Waals surface area contributed by atoms with Gasteiger partial charge in [-0.25, -0.2) is 0 Å². The van der Waals surface area contributed by atoms with Gasteiger partial charge < -0.3 is 0 Å². The number of nitrogens with one attached hydrogen (secondary N) is 1. The van der Waals surface area contributed by atoms with E-state index in [0.717, 1.165) is 17.2 Å². The molecule has 0 bridgehead atoms. The highest BCUT2D eigenvalue weighted by atomic mass is 35.5. The molecule has 13 heavy (non-hydrogen) atoms. The van der Waals surface area contributed by atoms with Crippen LogP contribution in [0.2, 0.25) is 5.15 Å². The standard InChI is InChI=1S/C8H5ClN2OS/c9-7-8(12)13-10-11(7)6-4-2-1-3-5-6/h1-5H/p+1. The zero-order chi connectivity index (χ0) is 9.26. The number of H-pyrrole nitrogens is 1. The maximum atomic E-state index is 11.0. The van der Waals surface area contributed by atoms with E-state index in [1.165, 1.54) is 0 Å². The molecule has 1 heterocycles. The van der Waals surface area contributed by atoms with Crippen molar-refractivity contribution >= 4 is 23.1 Å². The minimum atomic E-state index is -0.162. The van der Waals surface area contributed by atoms with Crippen LogP contribution in [-0.2, 0) is 0 Å². The molecule has 0 radical (unpaired) electrons. The second kappa shape index (κ2) is 3.32. The van der Waals surface area contributed by atoms with Gasteiger partial charge in [-0.3, -0.25) is 4.79 Å². The highest BCUT2D eigenvalue weighted by molar-refractivity contribution is 7.03. The summed E-state index contributed by atoms with van der Waals surface area (Å²) in [6.07, 6.45) is 0. The van der Waals surface area contributed by atoms with Gasteiger partial charge >= 0.3 is 9.90 Å². The van der Waals surface area contributed by atoms with Gasteiger partial charge in [0.2, 0.25) is 5.69 Å². The Hall–Kier alpha value is -1.13. The lowest BCUT2D eigenvalue weighted by molar-refractivity contribution is -0.649. The first-order valence-electron chi connectivity index (χ1n) is 3.63. The maximum absolute atomic E-state index is 11.0. The quantitative estimate of drug-likeness (QED) is 0.714. The summed E-state index contributed by atoms with van der Waals surface area (Å²) >= 11 is 6.75. The van der Waals surface area contributed by atoms with Crippen LogP contribution >= 0.6 is 23.1 Å². The first-order chi connectivity index (χ1) is 6.29. The number of hydrogen-bond acceptors (Lipinski definition) is 2. The van der Waals surface area contributed by atoms with Crippen molar-refractivity contribution in [1.29, 1.82) is 0 Å². The average molecular weight is 214 g/mol. The number of rotatable bonds is 1. The molecule has 0 spiro atoms. The lowest BCUT2D eigenvalue weighted by atomic mass is 10.3. The number of para-hydroxylation sites is 1. The number of benzene rings is 1. The van der Waals surface area contributed by atoms with Crippen molar-refractivity contribution in [2.45, 2.75) is 0 Å². The first-order valence-corrected chi connectivity index (χ1v) is 4.83. The zero-order valence-electron chi connectivity index (χ0n) is 6.53. The van der Waals surface area contributed by atoms with E-state index in [4.69, 9.17) is 11.6 Å². The fourth-order valence-electron chi connectivity index (χ4n) is 1.00. The molecule has 0 aliphatic rings. The third-order valence-corrected chi connectivity index (χ3v) is 2.71. The number of halogens is 1. The van der Waals surface area contributed by atoms with Crippen molar-refractivity contribution in [3.05, 3.63) is 45.0 Å². The Balaban J connectivity index is 2.60. The van der Waals surface area contributed by atoms with Gasteiger partial charge in [-0.05, 0) is 16.3 Å². The van der Waals surface area contributed by atoms with Crippen molar-refractivity contribution in [3.63, 3.8) is 0 Å². The molecule has 0 unspecified atom stereocenters. The van der Waals surface area contributed by atoms with Crippen LogP contribution in [0.5, 0.6) is 0 Å². The van der Waals surface area contributed by atoms with Gasteiger partial charge in [-0.1, -0.05) is 18.2 Å². The Morgan fingerprint density at radius 2 is 2.00 bits per heavy atom. The number of hydrogen-bond donors (Lipinski definition) is 1. The van der Waals surface area contributed by atoms with E-state index in [0.29, 0.717) is 0 Å². The lowest BCUT2D eigenvalue weighted by Crippen LogP contribution is -2.34. The fraction of sp³-hybridized carbons (Fsp3) is 0. The van der Waals surface area contributed by atoms with E-state index >= 15 is 0 Å². The van der Waals surface area contributed by atoms with Crippen LogP contribution in [0, 0.1) is 0 Å². The summed E-state index contributed by atoms with van der Waals surface area (Å²) in [4.78, 5) is 11.0. The van der Waals surface area contributed by atoms with Gasteiger partial charge in [-0.15, -0.1) is 4.49 Å². The van der Waals surface area contributed by atoms with Crippen molar-refractivity contribution in [1.82, 2.24) is 4.49 Å². The van der Waals surface area contributed by atoms with Gasteiger partial charge in [0.1, 0.15) is 0 Å². The van der Waals surface area contributed by atoms with E-state index in [1.54, 1.807) is 4.68 Å². The van der Waals surface area contributed by atoms with Gasteiger partial charge in [-0.2, -0.15) is 0 Å². The molecule has 0 amide bonds. The molecule has 2 rings (SSSR count). The van der Waals surface area contributed by atoms with Gasteiger partial charge in [0.25, 0.3) is 0 Å². The molecular weight excluding hydrogens is 208 g/mol. The highest BCUT2D eigenvalue weighted by Crippen LogP contribution is 2.01. The molecule has 0 atom stereocenters.